The first-order valence-corrected chi connectivity index (χ1v) is 11.9. The zero-order valence-corrected chi connectivity index (χ0v) is 19.0. The first-order valence-electron chi connectivity index (χ1n) is 11.9. The topological polar surface area (TPSA) is 80.6 Å². The van der Waals surface area contributed by atoms with E-state index in [1.165, 1.54) is 17.5 Å². The molecule has 0 radical (unpaired) electrons. The summed E-state index contributed by atoms with van der Waals surface area (Å²) in [6.07, 6.45) is 5.72. The number of fused-ring (bicyclic) bond motifs is 3. The van der Waals surface area contributed by atoms with Crippen LogP contribution in [0.25, 0.3) is 5.69 Å². The third-order valence-electron chi connectivity index (χ3n) is 7.40. The largest absolute Gasteiger partial charge is 0.457 e. The molecule has 2 aliphatic heterocycles. The van der Waals surface area contributed by atoms with Crippen LogP contribution in [-0.4, -0.2) is 69.2 Å². The van der Waals surface area contributed by atoms with Crippen molar-refractivity contribution in [1.82, 2.24) is 24.6 Å². The summed E-state index contributed by atoms with van der Waals surface area (Å²) in [5, 5.41) is 4.13. The number of cyclic esters (lactones) is 1. The fourth-order valence-corrected chi connectivity index (χ4v) is 5.51. The number of benzene rings is 2. The molecule has 1 unspecified atom stereocenters. The van der Waals surface area contributed by atoms with Gasteiger partial charge in [0.25, 0.3) is 0 Å². The van der Waals surface area contributed by atoms with Gasteiger partial charge in [0.05, 0.1) is 17.7 Å². The summed E-state index contributed by atoms with van der Waals surface area (Å²) in [4.78, 5) is 33.2. The third-order valence-corrected chi connectivity index (χ3v) is 7.40. The highest BCUT2D eigenvalue weighted by atomic mass is 16.5. The molecular formula is C26H27N5O3. The van der Waals surface area contributed by atoms with E-state index in [9.17, 15) is 9.59 Å². The summed E-state index contributed by atoms with van der Waals surface area (Å²) < 4.78 is 6.94. The van der Waals surface area contributed by atoms with Crippen molar-refractivity contribution in [2.75, 3.05) is 32.7 Å². The molecule has 1 amide bonds. The fraction of sp³-hybridized carbons (Fsp3) is 0.385. The number of carbonyl (C=O) groups is 2. The number of amides is 1. The van der Waals surface area contributed by atoms with Crippen molar-refractivity contribution in [3.05, 3.63) is 76.9 Å². The number of hydrogen-bond acceptors (Lipinski definition) is 6. The maximum atomic E-state index is 12.9. The molecule has 3 heterocycles. The maximum absolute atomic E-state index is 12.9. The Labute approximate surface area is 198 Å². The highest BCUT2D eigenvalue weighted by molar-refractivity contribution is 5.94. The molecule has 8 heteroatoms. The van der Waals surface area contributed by atoms with E-state index >= 15 is 0 Å². The van der Waals surface area contributed by atoms with Crippen molar-refractivity contribution in [2.45, 2.75) is 31.8 Å². The van der Waals surface area contributed by atoms with Gasteiger partial charge in [0, 0.05) is 38.3 Å². The van der Waals surface area contributed by atoms with Crippen molar-refractivity contribution in [2.24, 2.45) is 0 Å². The van der Waals surface area contributed by atoms with Gasteiger partial charge < -0.3 is 9.64 Å². The summed E-state index contributed by atoms with van der Waals surface area (Å²) in [6, 6.07) is 12.0. The normalized spacial score (nSPS) is 19.7. The van der Waals surface area contributed by atoms with E-state index in [0.717, 1.165) is 67.9 Å². The highest BCUT2D eigenvalue weighted by Crippen LogP contribution is 2.39. The van der Waals surface area contributed by atoms with Crippen molar-refractivity contribution in [3.8, 4) is 5.69 Å². The SMILES string of the molecule is O=C1OCc2c1ccc1c2CCC1CN1CCN(C(=O)Cc2ccc(-n3cncn3)cc2)CC1. The minimum atomic E-state index is -0.187. The Morgan fingerprint density at radius 1 is 1.03 bits per heavy atom. The lowest BCUT2D eigenvalue weighted by molar-refractivity contribution is -0.132. The van der Waals surface area contributed by atoms with Crippen LogP contribution in [0.1, 0.15) is 45.0 Å². The van der Waals surface area contributed by atoms with E-state index in [4.69, 9.17) is 4.74 Å². The molecule has 1 aromatic heterocycles. The van der Waals surface area contributed by atoms with Gasteiger partial charge in [-0.25, -0.2) is 14.5 Å². The Balaban J connectivity index is 1.02. The van der Waals surface area contributed by atoms with Gasteiger partial charge in [-0.05, 0) is 53.6 Å². The van der Waals surface area contributed by atoms with Crippen molar-refractivity contribution in [3.63, 3.8) is 0 Å². The number of rotatable bonds is 5. The summed E-state index contributed by atoms with van der Waals surface area (Å²) in [5.41, 5.74) is 6.50. The maximum Gasteiger partial charge on any atom is 0.338 e. The van der Waals surface area contributed by atoms with Gasteiger partial charge in [0.2, 0.25) is 5.91 Å². The third kappa shape index (κ3) is 3.88. The predicted molar refractivity (Wildman–Crippen MR) is 125 cm³/mol. The number of nitrogens with zero attached hydrogens (tertiary/aromatic N) is 5. The van der Waals surface area contributed by atoms with E-state index in [0.29, 0.717) is 18.9 Å². The first-order chi connectivity index (χ1) is 16.7. The van der Waals surface area contributed by atoms with Gasteiger partial charge in [-0.1, -0.05) is 18.2 Å². The lowest BCUT2D eigenvalue weighted by Crippen LogP contribution is -2.49. The van der Waals surface area contributed by atoms with E-state index in [-0.39, 0.29) is 11.9 Å². The average molecular weight is 458 g/mol. The Bertz CT molecular complexity index is 1210. The van der Waals surface area contributed by atoms with Crippen molar-refractivity contribution < 1.29 is 14.3 Å². The monoisotopic (exact) mass is 457 g/mol. The molecule has 174 valence electrons. The quantitative estimate of drug-likeness (QED) is 0.547. The molecule has 1 saturated heterocycles. The number of hydrogen-bond donors (Lipinski definition) is 0. The van der Waals surface area contributed by atoms with Gasteiger partial charge in [-0.15, -0.1) is 0 Å². The lowest BCUT2D eigenvalue weighted by atomic mass is 9.95. The zero-order chi connectivity index (χ0) is 23.1. The van der Waals surface area contributed by atoms with Crippen LogP contribution in [-0.2, 0) is 29.0 Å². The molecule has 3 aromatic rings. The molecule has 34 heavy (non-hydrogen) atoms. The Kier molecular flexibility index (Phi) is 5.37. The van der Waals surface area contributed by atoms with Crippen LogP contribution in [0.15, 0.2) is 49.1 Å². The molecule has 8 nitrogen and oxygen atoms in total. The summed E-state index contributed by atoms with van der Waals surface area (Å²) in [6.45, 7) is 4.76. The number of esters is 1. The van der Waals surface area contributed by atoms with Crippen LogP contribution in [0.4, 0.5) is 0 Å². The van der Waals surface area contributed by atoms with Gasteiger partial charge in [-0.3, -0.25) is 9.69 Å². The van der Waals surface area contributed by atoms with E-state index in [2.05, 4.69) is 21.0 Å². The molecular weight excluding hydrogens is 430 g/mol. The van der Waals surface area contributed by atoms with Crippen LogP contribution in [0.3, 0.4) is 0 Å². The fourth-order valence-electron chi connectivity index (χ4n) is 5.51. The molecule has 1 atom stereocenters. The van der Waals surface area contributed by atoms with Gasteiger partial charge in [0.1, 0.15) is 19.3 Å². The van der Waals surface area contributed by atoms with Crippen LogP contribution < -0.4 is 0 Å². The second-order valence-corrected chi connectivity index (χ2v) is 9.34. The number of piperazine rings is 1. The lowest BCUT2D eigenvalue weighted by Gasteiger charge is -2.36. The number of carbonyl (C=O) groups excluding carboxylic acids is 2. The second kappa shape index (κ2) is 8.68. The van der Waals surface area contributed by atoms with Gasteiger partial charge >= 0.3 is 5.97 Å². The Morgan fingerprint density at radius 3 is 2.62 bits per heavy atom. The summed E-state index contributed by atoms with van der Waals surface area (Å²) in [7, 11) is 0. The molecule has 3 aliphatic rings. The molecule has 1 aliphatic carbocycles. The van der Waals surface area contributed by atoms with Crippen LogP contribution >= 0.6 is 0 Å². The minimum Gasteiger partial charge on any atom is -0.457 e. The Morgan fingerprint density at radius 2 is 1.85 bits per heavy atom. The number of aromatic nitrogens is 3. The average Bonchev–Trinajstić information content (AvgIpc) is 3.61. The van der Waals surface area contributed by atoms with Gasteiger partial charge in [0.15, 0.2) is 0 Å². The summed E-state index contributed by atoms with van der Waals surface area (Å²) in [5.74, 6) is 0.481. The van der Waals surface area contributed by atoms with E-state index < -0.39 is 0 Å². The van der Waals surface area contributed by atoms with Crippen molar-refractivity contribution in [1.29, 1.82) is 0 Å². The zero-order valence-electron chi connectivity index (χ0n) is 19.0. The summed E-state index contributed by atoms with van der Waals surface area (Å²) >= 11 is 0. The standard InChI is InChI=1S/C26H27N5O3/c32-25(13-18-1-4-20(5-2-18)31-17-27-16-28-31)30-11-9-29(10-12-30)14-19-3-6-22-21(19)7-8-23-24(22)15-34-26(23)33/h1-2,4-5,7-8,16-17,19H,3,6,9-15H2. The highest BCUT2D eigenvalue weighted by Gasteiger charge is 2.33. The van der Waals surface area contributed by atoms with Crippen LogP contribution in [0.5, 0.6) is 0 Å². The predicted octanol–water partition coefficient (Wildman–Crippen LogP) is 2.35. The molecule has 0 bridgehead atoms. The Hall–Kier alpha value is -3.52. The smallest absolute Gasteiger partial charge is 0.338 e. The molecule has 0 N–H and O–H groups in total. The number of ether oxygens (including phenoxy) is 1. The molecule has 6 rings (SSSR count). The van der Waals surface area contributed by atoms with Crippen LogP contribution in [0, 0.1) is 0 Å². The molecule has 1 fully saturated rings. The minimum absolute atomic E-state index is 0.180. The van der Waals surface area contributed by atoms with E-state index in [1.54, 1.807) is 11.0 Å². The molecule has 0 saturated carbocycles. The molecule has 0 spiro atoms. The van der Waals surface area contributed by atoms with Gasteiger partial charge in [-0.2, -0.15) is 5.10 Å². The van der Waals surface area contributed by atoms with Crippen molar-refractivity contribution >= 4 is 11.9 Å². The van der Waals surface area contributed by atoms with Crippen LogP contribution in [0.2, 0.25) is 0 Å². The second-order valence-electron chi connectivity index (χ2n) is 9.34. The molecule has 2 aromatic carbocycles. The van der Waals surface area contributed by atoms with E-state index in [1.807, 2.05) is 35.2 Å². The first kappa shape index (κ1) is 21.0.